The summed E-state index contributed by atoms with van der Waals surface area (Å²) >= 11 is 1.68. The van der Waals surface area contributed by atoms with Crippen LogP contribution in [0.5, 0.6) is 0 Å². The number of benzene rings is 1. The van der Waals surface area contributed by atoms with Gasteiger partial charge < -0.3 is 4.90 Å². The second-order valence-corrected chi connectivity index (χ2v) is 7.07. The first-order valence-corrected chi connectivity index (χ1v) is 9.41. The van der Waals surface area contributed by atoms with Crippen LogP contribution in [-0.2, 0) is 11.3 Å². The molecule has 0 unspecified atom stereocenters. The summed E-state index contributed by atoms with van der Waals surface area (Å²) in [7, 11) is 0. The standard InChI is InChI=1S/C19H23N3OS/c1-14-7-6-8-16(20-14)12-21-11-15(2)22(19(23)13-21)17-9-4-5-10-18(17)24-3/h4-10,15H,11-13H2,1-3H3/t15-/m0/s1. The zero-order valence-electron chi connectivity index (χ0n) is 14.4. The number of aryl methyl sites for hydroxylation is 1. The summed E-state index contributed by atoms with van der Waals surface area (Å²) in [6.07, 6.45) is 2.05. The van der Waals surface area contributed by atoms with Gasteiger partial charge in [-0.05, 0) is 44.4 Å². The molecule has 1 aliphatic heterocycles. The van der Waals surface area contributed by atoms with Crippen LogP contribution in [-0.4, -0.2) is 41.2 Å². The van der Waals surface area contributed by atoms with Crippen LogP contribution < -0.4 is 4.90 Å². The molecule has 4 nitrogen and oxygen atoms in total. The van der Waals surface area contributed by atoms with Gasteiger partial charge in [-0.15, -0.1) is 11.8 Å². The first-order chi connectivity index (χ1) is 11.6. The Hall–Kier alpha value is -1.85. The number of anilines is 1. The molecule has 1 amide bonds. The number of nitrogens with zero attached hydrogens (tertiary/aromatic N) is 3. The Morgan fingerprint density at radius 3 is 2.71 bits per heavy atom. The van der Waals surface area contributed by atoms with Gasteiger partial charge in [-0.2, -0.15) is 0 Å². The molecule has 126 valence electrons. The quantitative estimate of drug-likeness (QED) is 0.799. The van der Waals surface area contributed by atoms with Gasteiger partial charge in [-0.3, -0.25) is 14.7 Å². The Morgan fingerprint density at radius 2 is 2.00 bits per heavy atom. The minimum absolute atomic E-state index is 0.143. The van der Waals surface area contributed by atoms with E-state index < -0.39 is 0 Å². The van der Waals surface area contributed by atoms with Crippen molar-refractivity contribution in [2.75, 3.05) is 24.2 Å². The molecule has 2 heterocycles. The lowest BCUT2D eigenvalue weighted by Gasteiger charge is -2.40. The molecule has 1 saturated heterocycles. The molecule has 5 heteroatoms. The third kappa shape index (κ3) is 3.62. The maximum absolute atomic E-state index is 12.8. The van der Waals surface area contributed by atoms with Crippen LogP contribution in [0.15, 0.2) is 47.4 Å². The van der Waals surface area contributed by atoms with Gasteiger partial charge in [-0.1, -0.05) is 18.2 Å². The molecule has 0 radical (unpaired) electrons. The van der Waals surface area contributed by atoms with Gasteiger partial charge in [0.25, 0.3) is 0 Å². The van der Waals surface area contributed by atoms with Crippen molar-refractivity contribution in [3.05, 3.63) is 53.9 Å². The molecule has 0 bridgehead atoms. The van der Waals surface area contributed by atoms with Crippen LogP contribution in [0, 0.1) is 6.92 Å². The van der Waals surface area contributed by atoms with E-state index in [1.807, 2.05) is 54.5 Å². The minimum atomic E-state index is 0.143. The van der Waals surface area contributed by atoms with Crippen molar-refractivity contribution in [2.45, 2.75) is 31.3 Å². The van der Waals surface area contributed by atoms with Gasteiger partial charge in [0.2, 0.25) is 5.91 Å². The maximum atomic E-state index is 12.8. The molecule has 1 atom stereocenters. The molecule has 24 heavy (non-hydrogen) atoms. The zero-order chi connectivity index (χ0) is 17.1. The van der Waals surface area contributed by atoms with Gasteiger partial charge in [0, 0.05) is 29.7 Å². The minimum Gasteiger partial charge on any atom is -0.306 e. The number of thioether (sulfide) groups is 1. The molecule has 0 spiro atoms. The average molecular weight is 341 g/mol. The van der Waals surface area contributed by atoms with Crippen LogP contribution in [0.2, 0.25) is 0 Å². The highest BCUT2D eigenvalue weighted by Crippen LogP contribution is 2.31. The normalized spacial score (nSPS) is 18.9. The molecular weight excluding hydrogens is 318 g/mol. The highest BCUT2D eigenvalue weighted by atomic mass is 32.2. The predicted molar refractivity (Wildman–Crippen MR) is 99.4 cm³/mol. The Labute approximate surface area is 147 Å². The van der Waals surface area contributed by atoms with Crippen molar-refractivity contribution < 1.29 is 4.79 Å². The van der Waals surface area contributed by atoms with E-state index in [0.29, 0.717) is 6.54 Å². The fourth-order valence-electron chi connectivity index (χ4n) is 3.27. The average Bonchev–Trinajstić information content (AvgIpc) is 2.54. The number of pyridine rings is 1. The number of piperazine rings is 1. The van der Waals surface area contributed by atoms with E-state index in [1.54, 1.807) is 11.8 Å². The predicted octanol–water partition coefficient (Wildman–Crippen LogP) is 3.35. The van der Waals surface area contributed by atoms with E-state index in [4.69, 9.17) is 0 Å². The van der Waals surface area contributed by atoms with Crippen molar-refractivity contribution in [3.8, 4) is 0 Å². The third-order valence-corrected chi connectivity index (χ3v) is 5.05. The van der Waals surface area contributed by atoms with Crippen molar-refractivity contribution in [2.24, 2.45) is 0 Å². The number of hydrogen-bond donors (Lipinski definition) is 0. The lowest BCUT2D eigenvalue weighted by molar-refractivity contribution is -0.122. The molecule has 0 N–H and O–H groups in total. The largest absolute Gasteiger partial charge is 0.306 e. The summed E-state index contributed by atoms with van der Waals surface area (Å²) in [5.41, 5.74) is 3.06. The smallest absolute Gasteiger partial charge is 0.241 e. The number of carbonyl (C=O) groups is 1. The number of rotatable bonds is 4. The first-order valence-electron chi connectivity index (χ1n) is 8.18. The van der Waals surface area contributed by atoms with Crippen molar-refractivity contribution in [1.82, 2.24) is 9.88 Å². The second kappa shape index (κ2) is 7.36. The van der Waals surface area contributed by atoms with Gasteiger partial charge in [0.15, 0.2) is 0 Å². The highest BCUT2D eigenvalue weighted by molar-refractivity contribution is 7.98. The number of hydrogen-bond acceptors (Lipinski definition) is 4. The van der Waals surface area contributed by atoms with Crippen LogP contribution >= 0.6 is 11.8 Å². The molecule has 1 aromatic heterocycles. The van der Waals surface area contributed by atoms with Crippen LogP contribution in [0.4, 0.5) is 5.69 Å². The molecule has 0 saturated carbocycles. The Kier molecular flexibility index (Phi) is 5.21. The van der Waals surface area contributed by atoms with E-state index >= 15 is 0 Å². The van der Waals surface area contributed by atoms with E-state index in [0.717, 1.165) is 35.1 Å². The Morgan fingerprint density at radius 1 is 1.21 bits per heavy atom. The third-order valence-electron chi connectivity index (χ3n) is 4.27. The van der Waals surface area contributed by atoms with Crippen LogP contribution in [0.3, 0.4) is 0 Å². The van der Waals surface area contributed by atoms with Gasteiger partial charge in [0.1, 0.15) is 0 Å². The fraction of sp³-hybridized carbons (Fsp3) is 0.368. The van der Waals surface area contributed by atoms with E-state index in [2.05, 4.69) is 22.9 Å². The summed E-state index contributed by atoms with van der Waals surface area (Å²) < 4.78 is 0. The molecule has 1 aromatic carbocycles. The lowest BCUT2D eigenvalue weighted by Crippen LogP contribution is -2.55. The van der Waals surface area contributed by atoms with E-state index in [1.165, 1.54) is 0 Å². The first kappa shape index (κ1) is 17.0. The fourth-order valence-corrected chi connectivity index (χ4v) is 3.86. The molecule has 3 rings (SSSR count). The molecule has 1 aliphatic rings. The van der Waals surface area contributed by atoms with E-state index in [9.17, 15) is 4.79 Å². The van der Waals surface area contributed by atoms with Crippen molar-refractivity contribution >= 4 is 23.4 Å². The number of aromatic nitrogens is 1. The number of carbonyl (C=O) groups excluding carboxylic acids is 1. The van der Waals surface area contributed by atoms with Crippen molar-refractivity contribution in [1.29, 1.82) is 0 Å². The maximum Gasteiger partial charge on any atom is 0.241 e. The molecule has 0 aliphatic carbocycles. The number of para-hydroxylation sites is 1. The summed E-state index contributed by atoms with van der Waals surface area (Å²) in [5.74, 6) is 0.155. The topological polar surface area (TPSA) is 36.4 Å². The van der Waals surface area contributed by atoms with Gasteiger partial charge in [-0.25, -0.2) is 0 Å². The second-order valence-electron chi connectivity index (χ2n) is 6.22. The van der Waals surface area contributed by atoms with Crippen LogP contribution in [0.1, 0.15) is 18.3 Å². The lowest BCUT2D eigenvalue weighted by atomic mass is 10.1. The zero-order valence-corrected chi connectivity index (χ0v) is 15.2. The Bertz CT molecular complexity index is 734. The SMILES string of the molecule is CSc1ccccc1N1C(=O)CN(Cc2cccc(C)n2)C[C@@H]1C. The van der Waals surface area contributed by atoms with E-state index in [-0.39, 0.29) is 11.9 Å². The monoisotopic (exact) mass is 341 g/mol. The molecule has 2 aromatic rings. The molecule has 1 fully saturated rings. The van der Waals surface area contributed by atoms with Crippen molar-refractivity contribution in [3.63, 3.8) is 0 Å². The van der Waals surface area contributed by atoms with Crippen LogP contribution in [0.25, 0.3) is 0 Å². The summed E-state index contributed by atoms with van der Waals surface area (Å²) in [5, 5.41) is 0. The van der Waals surface area contributed by atoms with Gasteiger partial charge >= 0.3 is 0 Å². The molecular formula is C19H23N3OS. The Balaban J connectivity index is 1.76. The summed E-state index contributed by atoms with van der Waals surface area (Å²) in [6.45, 7) is 6.11. The summed E-state index contributed by atoms with van der Waals surface area (Å²) in [4.78, 5) is 22.6. The summed E-state index contributed by atoms with van der Waals surface area (Å²) in [6, 6.07) is 14.3. The highest BCUT2D eigenvalue weighted by Gasteiger charge is 2.32. The van der Waals surface area contributed by atoms with Gasteiger partial charge in [0.05, 0.1) is 17.9 Å². The number of amides is 1.